The number of methoxy groups -OCH3 is 1. The molecule has 0 radical (unpaired) electrons. The lowest BCUT2D eigenvalue weighted by Crippen LogP contribution is -2.33. The van der Waals surface area contributed by atoms with E-state index < -0.39 is 37.1 Å². The molecule has 3 rings (SSSR count). The second-order valence-electron chi connectivity index (χ2n) is 5.19. The first kappa shape index (κ1) is 16.5. The fourth-order valence-electron chi connectivity index (χ4n) is 2.57. The van der Waals surface area contributed by atoms with Gasteiger partial charge in [-0.25, -0.2) is 19.7 Å². The third-order valence-electron chi connectivity index (χ3n) is 3.82. The molecule has 4 atom stereocenters. The highest BCUT2D eigenvalue weighted by atomic mass is 16.6. The molecule has 11 nitrogen and oxygen atoms in total. The van der Waals surface area contributed by atoms with E-state index in [1.54, 1.807) is 7.05 Å². The van der Waals surface area contributed by atoms with Crippen LogP contribution in [0.3, 0.4) is 0 Å². The maximum Gasteiger partial charge on any atom is 0.376 e. The van der Waals surface area contributed by atoms with Crippen LogP contribution in [0.1, 0.15) is 16.8 Å². The smallest absolute Gasteiger partial charge is 0.376 e. The zero-order chi connectivity index (χ0) is 17.4. The molecule has 0 aromatic carbocycles. The van der Waals surface area contributed by atoms with Crippen LogP contribution in [0, 0.1) is 0 Å². The summed E-state index contributed by atoms with van der Waals surface area (Å²) < 4.78 is 11.5. The van der Waals surface area contributed by atoms with Gasteiger partial charge in [0, 0.05) is 7.05 Å². The van der Waals surface area contributed by atoms with Crippen LogP contribution in [0.15, 0.2) is 6.33 Å². The number of ether oxygens (including phenoxy) is 2. The minimum Gasteiger partial charge on any atom is -0.463 e. The largest absolute Gasteiger partial charge is 0.463 e. The van der Waals surface area contributed by atoms with Gasteiger partial charge >= 0.3 is 5.97 Å². The number of imidazole rings is 1. The highest BCUT2D eigenvalue weighted by Crippen LogP contribution is 2.32. The van der Waals surface area contributed by atoms with Crippen LogP contribution in [0.2, 0.25) is 0 Å². The summed E-state index contributed by atoms with van der Waals surface area (Å²) in [5, 5.41) is 32.1. The third kappa shape index (κ3) is 2.47. The molecule has 130 valence electrons. The molecule has 4 N–H and O–H groups in total. The van der Waals surface area contributed by atoms with Crippen LogP contribution in [-0.2, 0) is 9.47 Å². The lowest BCUT2D eigenvalue weighted by atomic mass is 10.1. The number of carbonyl (C=O) groups is 1. The van der Waals surface area contributed by atoms with Gasteiger partial charge in [-0.15, -0.1) is 0 Å². The summed E-state index contributed by atoms with van der Waals surface area (Å²) in [6.07, 6.45) is -3.17. The Morgan fingerprint density at radius 2 is 2.17 bits per heavy atom. The van der Waals surface area contributed by atoms with Crippen molar-refractivity contribution >= 4 is 23.0 Å². The predicted octanol–water partition coefficient (Wildman–Crippen LogP) is -1.73. The normalized spacial score (nSPS) is 26.7. The van der Waals surface area contributed by atoms with Crippen molar-refractivity contribution in [3.05, 3.63) is 12.2 Å². The van der Waals surface area contributed by atoms with E-state index in [-0.39, 0.29) is 11.5 Å². The van der Waals surface area contributed by atoms with Gasteiger partial charge in [-0.3, -0.25) is 4.57 Å². The Hall–Kier alpha value is -2.34. The van der Waals surface area contributed by atoms with Crippen LogP contribution in [-0.4, -0.2) is 79.9 Å². The molecule has 11 heteroatoms. The molecule has 0 amide bonds. The van der Waals surface area contributed by atoms with Crippen molar-refractivity contribution in [1.29, 1.82) is 0 Å². The van der Waals surface area contributed by atoms with E-state index >= 15 is 0 Å². The Balaban J connectivity index is 2.11. The van der Waals surface area contributed by atoms with E-state index in [1.165, 1.54) is 18.0 Å². The molecule has 0 saturated carbocycles. The Labute approximate surface area is 135 Å². The number of anilines is 1. The van der Waals surface area contributed by atoms with Crippen LogP contribution < -0.4 is 5.32 Å². The van der Waals surface area contributed by atoms with Crippen LogP contribution in [0.5, 0.6) is 0 Å². The minimum atomic E-state index is -1.30. The SMILES string of the molecule is CNc1nc(C(=O)OC)nc2c1ncn2C1O[C@H](CO)C(O)C1O. The van der Waals surface area contributed by atoms with E-state index in [9.17, 15) is 20.1 Å². The first-order valence-corrected chi connectivity index (χ1v) is 7.15. The number of aromatic nitrogens is 4. The summed E-state index contributed by atoms with van der Waals surface area (Å²) in [5.74, 6) is -0.629. The zero-order valence-corrected chi connectivity index (χ0v) is 12.9. The minimum absolute atomic E-state index is 0.192. The number of fused-ring (bicyclic) bond motifs is 1. The number of hydrogen-bond acceptors (Lipinski definition) is 10. The lowest BCUT2D eigenvalue weighted by molar-refractivity contribution is -0.0511. The summed E-state index contributed by atoms with van der Waals surface area (Å²) >= 11 is 0. The molecule has 2 aromatic heterocycles. The molecule has 3 unspecified atom stereocenters. The van der Waals surface area contributed by atoms with Crippen molar-refractivity contribution in [2.75, 3.05) is 26.1 Å². The van der Waals surface area contributed by atoms with Crippen molar-refractivity contribution in [3.63, 3.8) is 0 Å². The average molecular weight is 339 g/mol. The van der Waals surface area contributed by atoms with E-state index in [0.717, 1.165) is 0 Å². The van der Waals surface area contributed by atoms with Crippen LogP contribution >= 0.6 is 0 Å². The van der Waals surface area contributed by atoms with Gasteiger partial charge in [-0.05, 0) is 0 Å². The number of nitrogens with one attached hydrogen (secondary N) is 1. The predicted molar refractivity (Wildman–Crippen MR) is 79.2 cm³/mol. The molecule has 3 heterocycles. The molecule has 24 heavy (non-hydrogen) atoms. The summed E-state index contributed by atoms with van der Waals surface area (Å²) in [6, 6.07) is 0. The summed E-state index contributed by atoms with van der Waals surface area (Å²) in [7, 11) is 2.81. The lowest BCUT2D eigenvalue weighted by Gasteiger charge is -2.16. The number of carbonyl (C=O) groups excluding carboxylic acids is 1. The Morgan fingerprint density at radius 1 is 1.42 bits per heavy atom. The number of nitrogens with zero attached hydrogens (tertiary/aromatic N) is 4. The maximum absolute atomic E-state index is 11.7. The second-order valence-corrected chi connectivity index (χ2v) is 5.19. The topological polar surface area (TPSA) is 152 Å². The Morgan fingerprint density at radius 3 is 2.75 bits per heavy atom. The average Bonchev–Trinajstić information content (AvgIpc) is 3.15. The molecule has 1 fully saturated rings. The fourth-order valence-corrected chi connectivity index (χ4v) is 2.57. The zero-order valence-electron chi connectivity index (χ0n) is 12.9. The number of aliphatic hydroxyl groups is 3. The Kier molecular flexibility index (Phi) is 4.32. The van der Waals surface area contributed by atoms with Gasteiger partial charge in [0.15, 0.2) is 23.2 Å². The van der Waals surface area contributed by atoms with Gasteiger partial charge in [-0.1, -0.05) is 0 Å². The number of hydrogen-bond donors (Lipinski definition) is 4. The molecule has 0 spiro atoms. The van der Waals surface area contributed by atoms with Crippen LogP contribution in [0.25, 0.3) is 11.2 Å². The molecule has 1 aliphatic heterocycles. The van der Waals surface area contributed by atoms with Crippen LogP contribution in [0.4, 0.5) is 5.82 Å². The van der Waals surface area contributed by atoms with Crippen molar-refractivity contribution < 1.29 is 29.6 Å². The van der Waals surface area contributed by atoms with Crippen molar-refractivity contribution in [2.24, 2.45) is 0 Å². The quantitative estimate of drug-likeness (QED) is 0.473. The maximum atomic E-state index is 11.7. The molecular weight excluding hydrogens is 322 g/mol. The van der Waals surface area contributed by atoms with Gasteiger partial charge in [-0.2, -0.15) is 0 Å². The molecular formula is C13H17N5O6. The monoisotopic (exact) mass is 339 g/mol. The molecule has 0 bridgehead atoms. The van der Waals surface area contributed by atoms with E-state index in [4.69, 9.17) is 4.74 Å². The number of esters is 1. The number of aliphatic hydroxyl groups excluding tert-OH is 3. The van der Waals surface area contributed by atoms with Gasteiger partial charge in [0.2, 0.25) is 5.82 Å². The van der Waals surface area contributed by atoms with E-state index in [0.29, 0.717) is 11.3 Å². The highest BCUT2D eigenvalue weighted by Gasteiger charge is 2.44. The van der Waals surface area contributed by atoms with Crippen molar-refractivity contribution in [3.8, 4) is 0 Å². The highest BCUT2D eigenvalue weighted by molar-refractivity contribution is 5.91. The number of rotatable bonds is 4. The van der Waals surface area contributed by atoms with E-state index in [1.807, 2.05) is 0 Å². The van der Waals surface area contributed by atoms with Crippen molar-refractivity contribution in [2.45, 2.75) is 24.5 Å². The van der Waals surface area contributed by atoms with E-state index in [2.05, 4.69) is 25.0 Å². The first-order chi connectivity index (χ1) is 11.5. The van der Waals surface area contributed by atoms with Gasteiger partial charge in [0.25, 0.3) is 0 Å². The van der Waals surface area contributed by atoms with Gasteiger partial charge in [0.1, 0.15) is 18.3 Å². The molecule has 1 aliphatic rings. The molecule has 0 aliphatic carbocycles. The van der Waals surface area contributed by atoms with Gasteiger partial charge < -0.3 is 30.1 Å². The van der Waals surface area contributed by atoms with Gasteiger partial charge in [0.05, 0.1) is 20.0 Å². The Bertz CT molecular complexity index is 765. The summed E-state index contributed by atoms with van der Waals surface area (Å²) in [6.45, 7) is -0.453. The fraction of sp³-hybridized carbons (Fsp3) is 0.538. The van der Waals surface area contributed by atoms with Crippen molar-refractivity contribution in [1.82, 2.24) is 19.5 Å². The third-order valence-corrected chi connectivity index (χ3v) is 3.82. The second kappa shape index (κ2) is 6.28. The summed E-state index contributed by atoms with van der Waals surface area (Å²) in [4.78, 5) is 24.0. The molecule has 1 saturated heterocycles. The summed E-state index contributed by atoms with van der Waals surface area (Å²) in [5.41, 5.74) is 0.562. The first-order valence-electron chi connectivity index (χ1n) is 7.15. The molecule has 2 aromatic rings. The standard InChI is InChI=1S/C13H17N5O6/c1-14-9-6-11(17-10(16-9)13(22)23-2)18(4-15-6)12-8(21)7(20)5(3-19)24-12/h4-5,7-8,12,19-21H,3H2,1-2H3,(H,14,16,17)/t5-,7?,8?,12?/m1/s1.